The third-order valence-electron chi connectivity index (χ3n) is 4.58. The first-order chi connectivity index (χ1) is 13.6. The van der Waals surface area contributed by atoms with Gasteiger partial charge in [-0.3, -0.25) is 4.79 Å². The van der Waals surface area contributed by atoms with Gasteiger partial charge in [-0.25, -0.2) is 0 Å². The van der Waals surface area contributed by atoms with Crippen molar-refractivity contribution in [2.45, 2.75) is 39.0 Å². The summed E-state index contributed by atoms with van der Waals surface area (Å²) in [4.78, 5) is 16.6. The molecule has 3 rings (SSSR count). The number of hydrogen-bond donors (Lipinski definition) is 1. The van der Waals surface area contributed by atoms with Crippen molar-refractivity contribution in [3.05, 3.63) is 71.1 Å². The summed E-state index contributed by atoms with van der Waals surface area (Å²) in [6.45, 7) is 6.14. The van der Waals surface area contributed by atoms with Gasteiger partial charge in [0.1, 0.15) is 0 Å². The van der Waals surface area contributed by atoms with Gasteiger partial charge in [0, 0.05) is 5.56 Å². The van der Waals surface area contributed by atoms with Crippen LogP contribution in [0.2, 0.25) is 0 Å². The second kappa shape index (κ2) is 9.55. The molecule has 146 valence electrons. The monoisotopic (exact) mass is 395 g/mol. The smallest absolute Gasteiger partial charge is 0.236 e. The predicted molar refractivity (Wildman–Crippen MR) is 113 cm³/mol. The minimum Gasteiger partial charge on any atom is -0.349 e. The number of aryl methyl sites for hydroxylation is 2. The van der Waals surface area contributed by atoms with E-state index in [0.717, 1.165) is 23.1 Å². The maximum atomic E-state index is 12.2. The van der Waals surface area contributed by atoms with Crippen LogP contribution < -0.4 is 5.32 Å². The molecule has 1 aromatic heterocycles. The third-order valence-corrected chi connectivity index (χ3v) is 5.50. The Kier molecular flexibility index (Phi) is 6.87. The molecule has 0 saturated heterocycles. The van der Waals surface area contributed by atoms with Crippen LogP contribution in [-0.4, -0.2) is 21.8 Å². The van der Waals surface area contributed by atoms with Crippen molar-refractivity contribution in [1.82, 2.24) is 15.5 Å². The van der Waals surface area contributed by atoms with E-state index in [-0.39, 0.29) is 11.9 Å². The summed E-state index contributed by atoms with van der Waals surface area (Å²) >= 11 is 1.46. The van der Waals surface area contributed by atoms with Gasteiger partial charge in [-0.2, -0.15) is 4.98 Å². The molecule has 3 aromatic rings. The van der Waals surface area contributed by atoms with Crippen molar-refractivity contribution < 1.29 is 9.32 Å². The number of thioether (sulfide) groups is 1. The average Bonchev–Trinajstić information content (AvgIpc) is 3.17. The van der Waals surface area contributed by atoms with Gasteiger partial charge in [0.25, 0.3) is 0 Å². The lowest BCUT2D eigenvalue weighted by atomic mass is 10.1. The van der Waals surface area contributed by atoms with Crippen molar-refractivity contribution in [2.75, 3.05) is 5.75 Å². The van der Waals surface area contributed by atoms with Crippen LogP contribution in [0.15, 0.2) is 53.1 Å². The van der Waals surface area contributed by atoms with Crippen LogP contribution >= 0.6 is 11.8 Å². The Balaban J connectivity index is 1.47. The molecule has 0 spiro atoms. The highest BCUT2D eigenvalue weighted by Crippen LogP contribution is 2.21. The molecule has 0 bridgehead atoms. The van der Waals surface area contributed by atoms with E-state index in [2.05, 4.69) is 46.6 Å². The van der Waals surface area contributed by atoms with Crippen molar-refractivity contribution in [1.29, 1.82) is 0 Å². The Morgan fingerprint density at radius 1 is 1.18 bits per heavy atom. The topological polar surface area (TPSA) is 68.0 Å². The molecule has 0 radical (unpaired) electrons. The Morgan fingerprint density at radius 3 is 2.64 bits per heavy atom. The number of hydrogen-bond acceptors (Lipinski definition) is 5. The number of benzene rings is 2. The highest BCUT2D eigenvalue weighted by molar-refractivity contribution is 7.99. The summed E-state index contributed by atoms with van der Waals surface area (Å²) in [6.07, 6.45) is 1.01. The Bertz CT molecular complexity index is 922. The first-order valence-corrected chi connectivity index (χ1v) is 10.6. The SMILES string of the molecule is CCc1ccc([C@@H](C)NC(=O)CSCc2nc(-c3ccccc3C)no2)cc1. The van der Waals surface area contributed by atoms with Crippen molar-refractivity contribution in [3.8, 4) is 11.4 Å². The second-order valence-electron chi connectivity index (χ2n) is 6.70. The number of carbonyl (C=O) groups excluding carboxylic acids is 1. The van der Waals surface area contributed by atoms with Crippen LogP contribution in [0.4, 0.5) is 0 Å². The molecule has 0 aliphatic carbocycles. The zero-order valence-corrected chi connectivity index (χ0v) is 17.3. The highest BCUT2D eigenvalue weighted by Gasteiger charge is 2.13. The second-order valence-corrected chi connectivity index (χ2v) is 7.69. The fourth-order valence-electron chi connectivity index (χ4n) is 2.89. The van der Waals surface area contributed by atoms with E-state index in [9.17, 15) is 4.79 Å². The first kappa shape index (κ1) is 20.1. The largest absolute Gasteiger partial charge is 0.349 e. The minimum absolute atomic E-state index is 0.00397. The van der Waals surface area contributed by atoms with Crippen LogP contribution in [-0.2, 0) is 17.0 Å². The molecular formula is C22H25N3O2S. The molecule has 1 N–H and O–H groups in total. The van der Waals surface area contributed by atoms with Gasteiger partial charge in [0.15, 0.2) is 0 Å². The Morgan fingerprint density at radius 2 is 1.93 bits per heavy atom. The zero-order chi connectivity index (χ0) is 19.9. The summed E-state index contributed by atoms with van der Waals surface area (Å²) in [5.74, 6) is 1.96. The molecule has 0 fully saturated rings. The third kappa shape index (κ3) is 5.23. The van der Waals surface area contributed by atoms with Crippen molar-refractivity contribution >= 4 is 17.7 Å². The number of amides is 1. The van der Waals surface area contributed by atoms with E-state index in [1.807, 2.05) is 38.1 Å². The maximum Gasteiger partial charge on any atom is 0.236 e. The lowest BCUT2D eigenvalue weighted by Gasteiger charge is -2.14. The lowest BCUT2D eigenvalue weighted by molar-refractivity contribution is -0.119. The first-order valence-electron chi connectivity index (χ1n) is 9.41. The number of carbonyl (C=O) groups is 1. The van der Waals surface area contributed by atoms with Crippen molar-refractivity contribution in [2.24, 2.45) is 0 Å². The van der Waals surface area contributed by atoms with E-state index < -0.39 is 0 Å². The summed E-state index contributed by atoms with van der Waals surface area (Å²) in [7, 11) is 0. The molecule has 0 aliphatic rings. The van der Waals surface area contributed by atoms with Gasteiger partial charge < -0.3 is 9.84 Å². The molecule has 28 heavy (non-hydrogen) atoms. The zero-order valence-electron chi connectivity index (χ0n) is 16.4. The number of rotatable bonds is 8. The molecule has 5 nitrogen and oxygen atoms in total. The van der Waals surface area contributed by atoms with Gasteiger partial charge >= 0.3 is 0 Å². The Hall–Kier alpha value is -2.60. The molecule has 1 atom stereocenters. The molecule has 1 heterocycles. The van der Waals surface area contributed by atoms with E-state index in [0.29, 0.717) is 23.2 Å². The van der Waals surface area contributed by atoms with E-state index in [4.69, 9.17) is 4.52 Å². The molecule has 2 aromatic carbocycles. The normalized spacial score (nSPS) is 12.0. The van der Waals surface area contributed by atoms with Gasteiger partial charge in [-0.05, 0) is 37.0 Å². The summed E-state index contributed by atoms with van der Waals surface area (Å²) in [5, 5.41) is 7.08. The van der Waals surface area contributed by atoms with Gasteiger partial charge in [-0.1, -0.05) is 60.6 Å². The minimum atomic E-state index is -0.0185. The quantitative estimate of drug-likeness (QED) is 0.598. The van der Waals surface area contributed by atoms with E-state index in [1.165, 1.54) is 17.3 Å². The molecule has 6 heteroatoms. The highest BCUT2D eigenvalue weighted by atomic mass is 32.2. The number of aromatic nitrogens is 2. The van der Waals surface area contributed by atoms with Crippen LogP contribution in [0, 0.1) is 6.92 Å². The fraction of sp³-hybridized carbons (Fsp3) is 0.318. The van der Waals surface area contributed by atoms with Gasteiger partial charge in [0.2, 0.25) is 17.6 Å². The molecule has 0 unspecified atom stereocenters. The average molecular weight is 396 g/mol. The van der Waals surface area contributed by atoms with Crippen LogP contribution in [0.1, 0.15) is 42.5 Å². The lowest BCUT2D eigenvalue weighted by Crippen LogP contribution is -2.28. The number of nitrogens with zero attached hydrogens (tertiary/aromatic N) is 2. The fourth-order valence-corrected chi connectivity index (χ4v) is 3.55. The molecule has 1 amide bonds. The van der Waals surface area contributed by atoms with E-state index in [1.54, 1.807) is 0 Å². The maximum absolute atomic E-state index is 12.2. The Labute approximate surface area is 169 Å². The van der Waals surface area contributed by atoms with Gasteiger partial charge in [-0.15, -0.1) is 11.8 Å². The van der Waals surface area contributed by atoms with Crippen LogP contribution in [0.25, 0.3) is 11.4 Å². The molecular weight excluding hydrogens is 370 g/mol. The van der Waals surface area contributed by atoms with E-state index >= 15 is 0 Å². The summed E-state index contributed by atoms with van der Waals surface area (Å²) in [5.41, 5.74) is 4.46. The molecule has 0 aliphatic heterocycles. The van der Waals surface area contributed by atoms with Crippen LogP contribution in [0.3, 0.4) is 0 Å². The predicted octanol–water partition coefficient (Wildman–Crippen LogP) is 4.72. The summed E-state index contributed by atoms with van der Waals surface area (Å²) in [6, 6.07) is 16.3. The van der Waals surface area contributed by atoms with Gasteiger partial charge in [0.05, 0.1) is 17.5 Å². The number of nitrogens with one attached hydrogen (secondary N) is 1. The molecule has 0 saturated carbocycles. The van der Waals surface area contributed by atoms with Crippen LogP contribution in [0.5, 0.6) is 0 Å². The standard InChI is InChI=1S/C22H25N3O2S/c1-4-17-9-11-18(12-10-17)16(3)23-20(26)13-28-14-21-24-22(25-27-21)19-8-6-5-7-15(19)2/h5-12,16H,4,13-14H2,1-3H3,(H,23,26)/t16-/m1/s1. The van der Waals surface area contributed by atoms with Crippen molar-refractivity contribution in [3.63, 3.8) is 0 Å². The summed E-state index contributed by atoms with van der Waals surface area (Å²) < 4.78 is 5.31.